The van der Waals surface area contributed by atoms with Crippen molar-refractivity contribution in [2.24, 2.45) is 0 Å². The maximum Gasteiger partial charge on any atom is 0.166 e. The van der Waals surface area contributed by atoms with Crippen LogP contribution < -0.4 is 16.0 Å². The Morgan fingerprint density at radius 1 is 0.857 bits per heavy atom. The average molecular weight is 394 g/mol. The lowest BCUT2D eigenvalue weighted by Crippen LogP contribution is -2.59. The van der Waals surface area contributed by atoms with Gasteiger partial charge in [0.25, 0.3) is 0 Å². The third-order valence-corrected chi connectivity index (χ3v) is 7.10. The normalized spacial score (nSPS) is 21.4. The van der Waals surface area contributed by atoms with Crippen molar-refractivity contribution in [2.75, 3.05) is 20.1 Å². The molecule has 0 amide bonds. The van der Waals surface area contributed by atoms with Crippen LogP contribution in [0.3, 0.4) is 0 Å². The fourth-order valence-electron chi connectivity index (χ4n) is 4.61. The lowest BCUT2D eigenvalue weighted by Gasteiger charge is -2.38. The van der Waals surface area contributed by atoms with Crippen molar-refractivity contribution < 1.29 is 14.4 Å². The summed E-state index contributed by atoms with van der Waals surface area (Å²) in [5.74, 6) is 0.387. The molecule has 0 saturated heterocycles. The number of rotatable bonds is 11. The Labute approximate surface area is 170 Å². The van der Waals surface area contributed by atoms with E-state index < -0.39 is 11.1 Å². The van der Waals surface area contributed by atoms with E-state index in [-0.39, 0.29) is 29.4 Å². The quantitative estimate of drug-likeness (QED) is 0.499. The Hall–Kier alpha value is -1.11. The Morgan fingerprint density at radius 2 is 1.39 bits per heavy atom. The Bertz CT molecular complexity index is 574. The van der Waals surface area contributed by atoms with Crippen LogP contribution in [0, 0.1) is 0 Å². The molecule has 0 aromatic rings. The molecule has 0 aromatic carbocycles. The summed E-state index contributed by atoms with van der Waals surface area (Å²) >= 11 is 0. The summed E-state index contributed by atoms with van der Waals surface area (Å²) in [6.45, 7) is 5.86. The summed E-state index contributed by atoms with van der Waals surface area (Å²) in [6, 6.07) is 0. The van der Waals surface area contributed by atoms with Gasteiger partial charge in [0.1, 0.15) is 5.78 Å². The molecule has 0 aliphatic heterocycles. The van der Waals surface area contributed by atoms with E-state index in [4.69, 9.17) is 0 Å². The zero-order valence-electron chi connectivity index (χ0n) is 18.2. The number of hydrogen-bond acceptors (Lipinski definition) is 6. The second kappa shape index (κ2) is 9.59. The van der Waals surface area contributed by atoms with Crippen molar-refractivity contribution in [1.29, 1.82) is 0 Å². The second-order valence-electron chi connectivity index (χ2n) is 9.24. The molecule has 0 aromatic heterocycles. The highest BCUT2D eigenvalue weighted by molar-refractivity contribution is 5.92. The van der Waals surface area contributed by atoms with Gasteiger partial charge in [-0.05, 0) is 53.5 Å². The third-order valence-electron chi connectivity index (χ3n) is 7.10. The zero-order chi connectivity index (χ0) is 20.8. The number of carbonyl (C=O) groups is 3. The molecule has 0 unspecified atom stereocenters. The van der Waals surface area contributed by atoms with E-state index in [1.807, 2.05) is 7.05 Å². The van der Waals surface area contributed by atoms with Crippen molar-refractivity contribution in [3.05, 3.63) is 0 Å². The monoisotopic (exact) mass is 393 g/mol. The van der Waals surface area contributed by atoms with Crippen molar-refractivity contribution >= 4 is 17.3 Å². The van der Waals surface area contributed by atoms with E-state index >= 15 is 0 Å². The fourth-order valence-corrected chi connectivity index (χ4v) is 4.61. The fraction of sp³-hybridized carbons (Fsp3) is 0.864. The molecule has 0 radical (unpaired) electrons. The number of carbonyl (C=O) groups excluding carboxylic acids is 3. The predicted octanol–water partition coefficient (Wildman–Crippen LogP) is 2.30. The topological polar surface area (TPSA) is 87.3 Å². The summed E-state index contributed by atoms with van der Waals surface area (Å²) in [5, 5.41) is 9.86. The Morgan fingerprint density at radius 3 is 1.93 bits per heavy atom. The van der Waals surface area contributed by atoms with Crippen LogP contribution in [0.2, 0.25) is 0 Å². The molecule has 6 nitrogen and oxygen atoms in total. The minimum atomic E-state index is -0.705. The standard InChI is InChI=1S/C22H39N3O3/c1-17(26)20(2,3)25-16-19(28)22(13-6-5-7-14-22)24-15-10-18(27)21(23-4)11-8-9-12-21/h23-25H,5-16H2,1-4H3. The summed E-state index contributed by atoms with van der Waals surface area (Å²) in [6.07, 6.45) is 9.26. The van der Waals surface area contributed by atoms with E-state index in [0.29, 0.717) is 13.0 Å². The molecule has 3 N–H and O–H groups in total. The maximum absolute atomic E-state index is 13.1. The van der Waals surface area contributed by atoms with E-state index in [2.05, 4.69) is 16.0 Å². The SMILES string of the molecule is CNC1(C(=O)CCNC2(C(=O)CNC(C)(C)C(C)=O)CCCCC2)CCCC1. The van der Waals surface area contributed by atoms with Crippen LogP contribution >= 0.6 is 0 Å². The molecule has 28 heavy (non-hydrogen) atoms. The molecular formula is C22H39N3O3. The molecule has 2 aliphatic rings. The molecule has 2 aliphatic carbocycles. The lowest BCUT2D eigenvalue weighted by atomic mass is 9.78. The lowest BCUT2D eigenvalue weighted by molar-refractivity contribution is -0.128. The van der Waals surface area contributed by atoms with Crippen LogP contribution in [0.1, 0.15) is 85.0 Å². The molecule has 160 valence electrons. The molecule has 2 rings (SSSR count). The molecule has 2 saturated carbocycles. The maximum atomic E-state index is 13.1. The van der Waals surface area contributed by atoms with E-state index in [0.717, 1.165) is 57.8 Å². The van der Waals surface area contributed by atoms with Gasteiger partial charge < -0.3 is 10.6 Å². The highest BCUT2D eigenvalue weighted by Crippen LogP contribution is 2.32. The van der Waals surface area contributed by atoms with E-state index in [9.17, 15) is 14.4 Å². The molecule has 0 bridgehead atoms. The summed E-state index contributed by atoms with van der Waals surface area (Å²) in [4.78, 5) is 37.6. The highest BCUT2D eigenvalue weighted by atomic mass is 16.1. The van der Waals surface area contributed by atoms with Crippen LogP contribution in [0.4, 0.5) is 0 Å². The number of ketones is 3. The van der Waals surface area contributed by atoms with Gasteiger partial charge in [-0.2, -0.15) is 0 Å². The first-order chi connectivity index (χ1) is 13.2. The van der Waals surface area contributed by atoms with Crippen molar-refractivity contribution in [2.45, 2.75) is 102 Å². The first-order valence-corrected chi connectivity index (χ1v) is 10.9. The van der Waals surface area contributed by atoms with Gasteiger partial charge in [0.15, 0.2) is 11.6 Å². The van der Waals surface area contributed by atoms with Gasteiger partial charge in [-0.1, -0.05) is 32.1 Å². The number of Topliss-reactive ketones (excluding diaryl/α,β-unsaturated/α-hetero) is 3. The molecule has 2 fully saturated rings. The molecule has 0 heterocycles. The van der Waals surface area contributed by atoms with Gasteiger partial charge in [0.05, 0.1) is 23.2 Å². The second-order valence-corrected chi connectivity index (χ2v) is 9.24. The van der Waals surface area contributed by atoms with Crippen LogP contribution in [-0.4, -0.2) is 54.1 Å². The Balaban J connectivity index is 1.95. The van der Waals surface area contributed by atoms with Crippen LogP contribution in [0.25, 0.3) is 0 Å². The number of hydrogen-bond donors (Lipinski definition) is 3. The smallest absolute Gasteiger partial charge is 0.166 e. The zero-order valence-corrected chi connectivity index (χ0v) is 18.2. The van der Waals surface area contributed by atoms with Crippen LogP contribution in [0.15, 0.2) is 0 Å². The average Bonchev–Trinajstić information content (AvgIpc) is 3.17. The van der Waals surface area contributed by atoms with Gasteiger partial charge in [-0.3, -0.25) is 19.7 Å². The summed E-state index contributed by atoms with van der Waals surface area (Å²) in [5.41, 5.74) is -1.64. The third kappa shape index (κ3) is 5.28. The minimum absolute atomic E-state index is 0.0190. The van der Waals surface area contributed by atoms with Crippen LogP contribution in [-0.2, 0) is 14.4 Å². The van der Waals surface area contributed by atoms with Crippen LogP contribution in [0.5, 0.6) is 0 Å². The van der Waals surface area contributed by atoms with Gasteiger partial charge >= 0.3 is 0 Å². The molecular weight excluding hydrogens is 354 g/mol. The first-order valence-electron chi connectivity index (χ1n) is 10.9. The van der Waals surface area contributed by atoms with Crippen molar-refractivity contribution in [3.8, 4) is 0 Å². The molecule has 0 spiro atoms. The van der Waals surface area contributed by atoms with E-state index in [1.54, 1.807) is 20.8 Å². The predicted molar refractivity (Wildman–Crippen MR) is 111 cm³/mol. The van der Waals surface area contributed by atoms with Crippen molar-refractivity contribution in [3.63, 3.8) is 0 Å². The van der Waals surface area contributed by atoms with Gasteiger partial charge in [0.2, 0.25) is 0 Å². The molecule has 0 atom stereocenters. The van der Waals surface area contributed by atoms with Gasteiger partial charge in [0, 0.05) is 13.0 Å². The minimum Gasteiger partial charge on any atom is -0.308 e. The molecule has 6 heteroatoms. The highest BCUT2D eigenvalue weighted by Gasteiger charge is 2.41. The summed E-state index contributed by atoms with van der Waals surface area (Å²) < 4.78 is 0. The Kier molecular flexibility index (Phi) is 7.94. The number of likely N-dealkylation sites (N-methyl/N-ethyl adjacent to an activating group) is 1. The largest absolute Gasteiger partial charge is 0.308 e. The van der Waals surface area contributed by atoms with Crippen molar-refractivity contribution in [1.82, 2.24) is 16.0 Å². The van der Waals surface area contributed by atoms with Gasteiger partial charge in [-0.25, -0.2) is 0 Å². The first kappa shape index (κ1) is 23.2. The number of nitrogens with one attached hydrogen (secondary N) is 3. The van der Waals surface area contributed by atoms with E-state index in [1.165, 1.54) is 0 Å². The van der Waals surface area contributed by atoms with Gasteiger partial charge in [-0.15, -0.1) is 0 Å². The summed E-state index contributed by atoms with van der Waals surface area (Å²) in [7, 11) is 1.88.